The number of morpholine rings is 1. The molecule has 1 atom stereocenters. The van der Waals surface area contributed by atoms with E-state index in [1.807, 2.05) is 18.2 Å². The number of nitrogens with one attached hydrogen (secondary N) is 1. The summed E-state index contributed by atoms with van der Waals surface area (Å²) >= 11 is 6.16. The molecule has 1 heterocycles. The molecule has 2 rings (SSSR count). The largest absolute Gasteiger partial charge is 0.394 e. The third-order valence-corrected chi connectivity index (χ3v) is 3.83. The Balaban J connectivity index is 2.25. The van der Waals surface area contributed by atoms with E-state index in [4.69, 9.17) is 16.3 Å². The number of rotatable bonds is 4. The maximum absolute atomic E-state index is 9.56. The second-order valence-electron chi connectivity index (χ2n) is 6.48. The lowest BCUT2D eigenvalue weighted by Gasteiger charge is -2.38. The quantitative estimate of drug-likeness (QED) is 0.896. The standard InChI is InChI=1S/C16H25ClN2O2/c1-16(2,3)18-9-12-8-13(17)4-5-15(12)19-6-7-21-11-14(19)10-20/h4-5,8,14,18,20H,6-7,9-11H2,1-3H3. The molecule has 0 spiro atoms. The highest BCUT2D eigenvalue weighted by Gasteiger charge is 2.24. The van der Waals surface area contributed by atoms with Gasteiger partial charge in [0.1, 0.15) is 0 Å². The number of ether oxygens (including phenoxy) is 1. The van der Waals surface area contributed by atoms with Crippen LogP contribution in [0, 0.1) is 0 Å². The van der Waals surface area contributed by atoms with E-state index in [2.05, 4.69) is 31.0 Å². The molecule has 0 amide bonds. The smallest absolute Gasteiger partial charge is 0.0755 e. The monoisotopic (exact) mass is 312 g/mol. The first-order valence-electron chi connectivity index (χ1n) is 7.39. The fraction of sp³-hybridized carbons (Fsp3) is 0.625. The summed E-state index contributed by atoms with van der Waals surface area (Å²) in [5.74, 6) is 0. The molecule has 0 bridgehead atoms. The summed E-state index contributed by atoms with van der Waals surface area (Å²) in [6.45, 7) is 9.29. The number of hydrogen-bond donors (Lipinski definition) is 2. The fourth-order valence-electron chi connectivity index (χ4n) is 2.46. The zero-order valence-corrected chi connectivity index (χ0v) is 13.8. The van der Waals surface area contributed by atoms with Crippen LogP contribution in [0.15, 0.2) is 18.2 Å². The third kappa shape index (κ3) is 4.58. The van der Waals surface area contributed by atoms with Gasteiger partial charge in [-0.2, -0.15) is 0 Å². The van der Waals surface area contributed by atoms with Crippen LogP contribution >= 0.6 is 11.6 Å². The molecule has 1 saturated heterocycles. The van der Waals surface area contributed by atoms with E-state index in [1.165, 1.54) is 0 Å². The van der Waals surface area contributed by atoms with E-state index in [9.17, 15) is 5.11 Å². The molecular formula is C16H25ClN2O2. The van der Waals surface area contributed by atoms with Gasteiger partial charge in [-0.15, -0.1) is 0 Å². The minimum atomic E-state index is 0.00770. The predicted octanol–water partition coefficient (Wildman–Crippen LogP) is 2.43. The number of aliphatic hydroxyl groups excluding tert-OH is 1. The van der Waals surface area contributed by atoms with Gasteiger partial charge in [0, 0.05) is 29.3 Å². The van der Waals surface area contributed by atoms with E-state index in [1.54, 1.807) is 0 Å². The lowest BCUT2D eigenvalue weighted by molar-refractivity contribution is 0.0726. The maximum atomic E-state index is 9.56. The Morgan fingerprint density at radius 3 is 2.86 bits per heavy atom. The van der Waals surface area contributed by atoms with Crippen LogP contribution in [-0.2, 0) is 11.3 Å². The molecule has 0 radical (unpaired) electrons. The first kappa shape index (κ1) is 16.6. The van der Waals surface area contributed by atoms with Crippen molar-refractivity contribution in [1.82, 2.24) is 5.32 Å². The molecular weight excluding hydrogens is 288 g/mol. The molecule has 0 saturated carbocycles. The molecule has 1 aromatic rings. The Morgan fingerprint density at radius 2 is 2.19 bits per heavy atom. The van der Waals surface area contributed by atoms with Crippen molar-refractivity contribution < 1.29 is 9.84 Å². The molecule has 1 aromatic carbocycles. The Hall–Kier alpha value is -0.810. The number of hydrogen-bond acceptors (Lipinski definition) is 4. The van der Waals surface area contributed by atoms with Gasteiger partial charge in [-0.1, -0.05) is 11.6 Å². The van der Waals surface area contributed by atoms with Gasteiger partial charge in [0.2, 0.25) is 0 Å². The number of benzene rings is 1. The number of anilines is 1. The zero-order chi connectivity index (χ0) is 15.5. The van der Waals surface area contributed by atoms with Crippen LogP contribution in [0.3, 0.4) is 0 Å². The topological polar surface area (TPSA) is 44.7 Å². The second-order valence-corrected chi connectivity index (χ2v) is 6.92. The highest BCUT2D eigenvalue weighted by molar-refractivity contribution is 6.30. The molecule has 21 heavy (non-hydrogen) atoms. The van der Waals surface area contributed by atoms with Crippen LogP contribution in [0.25, 0.3) is 0 Å². The van der Waals surface area contributed by atoms with Gasteiger partial charge < -0.3 is 20.1 Å². The van der Waals surface area contributed by atoms with Gasteiger partial charge in [0.05, 0.1) is 25.9 Å². The molecule has 0 aromatic heterocycles. The van der Waals surface area contributed by atoms with Crippen molar-refractivity contribution in [1.29, 1.82) is 0 Å². The maximum Gasteiger partial charge on any atom is 0.0755 e. The Labute approximate surface area is 132 Å². The normalized spacial score (nSPS) is 19.9. The molecule has 5 heteroatoms. The molecule has 1 aliphatic rings. The van der Waals surface area contributed by atoms with Gasteiger partial charge in [-0.05, 0) is 44.5 Å². The molecule has 118 valence electrons. The summed E-state index contributed by atoms with van der Waals surface area (Å²) in [7, 11) is 0. The lowest BCUT2D eigenvalue weighted by Crippen LogP contribution is -2.48. The summed E-state index contributed by atoms with van der Waals surface area (Å²) in [6.07, 6.45) is 0. The zero-order valence-electron chi connectivity index (χ0n) is 13.0. The van der Waals surface area contributed by atoms with Crippen molar-refractivity contribution in [2.45, 2.75) is 38.9 Å². The van der Waals surface area contributed by atoms with E-state index in [-0.39, 0.29) is 18.2 Å². The number of halogens is 1. The van der Waals surface area contributed by atoms with E-state index < -0.39 is 0 Å². The van der Waals surface area contributed by atoms with Crippen LogP contribution in [0.2, 0.25) is 5.02 Å². The summed E-state index contributed by atoms with van der Waals surface area (Å²) < 4.78 is 5.46. The Bertz CT molecular complexity index is 474. The Kier molecular flexibility index (Phi) is 5.49. The summed E-state index contributed by atoms with van der Waals surface area (Å²) in [5, 5.41) is 13.8. The SMILES string of the molecule is CC(C)(C)NCc1cc(Cl)ccc1N1CCOCC1CO. The van der Waals surface area contributed by atoms with Gasteiger partial charge in [-0.3, -0.25) is 0 Å². The molecule has 1 unspecified atom stereocenters. The summed E-state index contributed by atoms with van der Waals surface area (Å²) in [5.41, 5.74) is 2.32. The summed E-state index contributed by atoms with van der Waals surface area (Å²) in [4.78, 5) is 2.22. The van der Waals surface area contributed by atoms with Crippen LogP contribution in [0.4, 0.5) is 5.69 Å². The van der Waals surface area contributed by atoms with Gasteiger partial charge in [0.15, 0.2) is 0 Å². The fourth-order valence-corrected chi connectivity index (χ4v) is 2.65. The number of aliphatic hydroxyl groups is 1. The van der Waals surface area contributed by atoms with Crippen LogP contribution in [0.5, 0.6) is 0 Å². The van der Waals surface area contributed by atoms with E-state index >= 15 is 0 Å². The van der Waals surface area contributed by atoms with Crippen molar-refractivity contribution in [3.8, 4) is 0 Å². The second kappa shape index (κ2) is 6.97. The minimum Gasteiger partial charge on any atom is -0.394 e. The molecule has 1 fully saturated rings. The van der Waals surface area contributed by atoms with Crippen molar-refractivity contribution in [3.63, 3.8) is 0 Å². The van der Waals surface area contributed by atoms with Gasteiger partial charge >= 0.3 is 0 Å². The molecule has 0 aliphatic carbocycles. The average molecular weight is 313 g/mol. The Morgan fingerprint density at radius 1 is 1.43 bits per heavy atom. The van der Waals surface area contributed by atoms with Crippen molar-refractivity contribution in [3.05, 3.63) is 28.8 Å². The first-order chi connectivity index (χ1) is 9.90. The van der Waals surface area contributed by atoms with Crippen LogP contribution in [0.1, 0.15) is 26.3 Å². The van der Waals surface area contributed by atoms with Crippen molar-refractivity contribution in [2.24, 2.45) is 0 Å². The highest BCUT2D eigenvalue weighted by Crippen LogP contribution is 2.27. The minimum absolute atomic E-state index is 0.00770. The summed E-state index contributed by atoms with van der Waals surface area (Å²) in [6, 6.07) is 5.95. The van der Waals surface area contributed by atoms with Gasteiger partial charge in [-0.25, -0.2) is 0 Å². The average Bonchev–Trinajstić information content (AvgIpc) is 2.44. The van der Waals surface area contributed by atoms with Crippen molar-refractivity contribution >= 4 is 17.3 Å². The number of nitrogens with zero attached hydrogens (tertiary/aromatic N) is 1. The van der Waals surface area contributed by atoms with Gasteiger partial charge in [0.25, 0.3) is 0 Å². The molecule has 4 nitrogen and oxygen atoms in total. The van der Waals surface area contributed by atoms with Crippen LogP contribution < -0.4 is 10.2 Å². The highest BCUT2D eigenvalue weighted by atomic mass is 35.5. The lowest BCUT2D eigenvalue weighted by atomic mass is 10.1. The molecule has 2 N–H and O–H groups in total. The first-order valence-corrected chi connectivity index (χ1v) is 7.77. The van der Waals surface area contributed by atoms with Crippen molar-refractivity contribution in [2.75, 3.05) is 31.3 Å². The predicted molar refractivity (Wildman–Crippen MR) is 87.1 cm³/mol. The van der Waals surface area contributed by atoms with E-state index in [0.717, 1.165) is 29.4 Å². The van der Waals surface area contributed by atoms with Crippen LogP contribution in [-0.4, -0.2) is 43.1 Å². The van der Waals surface area contributed by atoms with E-state index in [0.29, 0.717) is 13.2 Å². The third-order valence-electron chi connectivity index (χ3n) is 3.60. The molecule has 1 aliphatic heterocycles.